The van der Waals surface area contributed by atoms with Crippen LogP contribution in [0.3, 0.4) is 0 Å². The minimum absolute atomic E-state index is 0. The Bertz CT molecular complexity index is 766. The molecular formula is C20H28IN3O3. The number of hydrogen-bond acceptors (Lipinski definition) is 4. The zero-order chi connectivity index (χ0) is 18.9. The number of ether oxygens (including phenoxy) is 3. The predicted octanol–water partition coefficient (Wildman–Crippen LogP) is 3.29. The highest BCUT2D eigenvalue weighted by Crippen LogP contribution is 2.27. The van der Waals surface area contributed by atoms with Crippen molar-refractivity contribution in [3.8, 4) is 17.2 Å². The summed E-state index contributed by atoms with van der Waals surface area (Å²) in [5.74, 6) is 2.67. The second kappa shape index (κ2) is 11.5. The van der Waals surface area contributed by atoms with E-state index in [0.717, 1.165) is 23.3 Å². The van der Waals surface area contributed by atoms with E-state index in [1.165, 1.54) is 5.56 Å². The van der Waals surface area contributed by atoms with Crippen LogP contribution < -0.4 is 25.3 Å². The second-order valence-corrected chi connectivity index (χ2v) is 5.88. The number of aryl methyl sites for hydroxylation is 1. The zero-order valence-electron chi connectivity index (χ0n) is 16.2. The lowest BCUT2D eigenvalue weighted by atomic mass is 10.1. The molecule has 2 aromatic rings. The summed E-state index contributed by atoms with van der Waals surface area (Å²) in [5, 5.41) is 3.14. The molecule has 0 amide bonds. The van der Waals surface area contributed by atoms with Crippen LogP contribution in [0.4, 0.5) is 0 Å². The van der Waals surface area contributed by atoms with Gasteiger partial charge in [-0.05, 0) is 42.7 Å². The number of rotatable bonds is 8. The van der Waals surface area contributed by atoms with Crippen molar-refractivity contribution < 1.29 is 14.2 Å². The molecule has 0 bridgehead atoms. The molecule has 0 unspecified atom stereocenters. The van der Waals surface area contributed by atoms with Crippen LogP contribution in [-0.4, -0.2) is 33.8 Å². The van der Waals surface area contributed by atoms with Crippen LogP contribution in [0, 0.1) is 6.92 Å². The third-order valence-corrected chi connectivity index (χ3v) is 4.02. The Kier molecular flexibility index (Phi) is 9.77. The summed E-state index contributed by atoms with van der Waals surface area (Å²) in [7, 11) is 4.90. The average Bonchev–Trinajstić information content (AvgIpc) is 2.66. The fraction of sp³-hybridized carbons (Fsp3) is 0.350. The lowest BCUT2D eigenvalue weighted by Crippen LogP contribution is -2.33. The molecule has 0 aliphatic carbocycles. The molecular weight excluding hydrogens is 457 g/mol. The minimum Gasteiger partial charge on any atom is -0.496 e. The first kappa shape index (κ1) is 22.9. The Hall–Kier alpha value is -2.16. The van der Waals surface area contributed by atoms with Gasteiger partial charge < -0.3 is 25.3 Å². The topological polar surface area (TPSA) is 78.1 Å². The van der Waals surface area contributed by atoms with Crippen molar-refractivity contribution in [1.82, 2.24) is 5.32 Å². The highest BCUT2D eigenvalue weighted by atomic mass is 127. The van der Waals surface area contributed by atoms with E-state index in [-0.39, 0.29) is 24.0 Å². The lowest BCUT2D eigenvalue weighted by Gasteiger charge is -2.11. The van der Waals surface area contributed by atoms with Gasteiger partial charge in [-0.25, -0.2) is 4.99 Å². The van der Waals surface area contributed by atoms with E-state index in [9.17, 15) is 0 Å². The van der Waals surface area contributed by atoms with Gasteiger partial charge in [0.05, 0.1) is 27.9 Å². The number of nitrogens with zero attached hydrogens (tertiary/aromatic N) is 1. The second-order valence-electron chi connectivity index (χ2n) is 5.88. The van der Waals surface area contributed by atoms with E-state index in [0.29, 0.717) is 30.5 Å². The summed E-state index contributed by atoms with van der Waals surface area (Å²) >= 11 is 0. The molecule has 0 saturated heterocycles. The van der Waals surface area contributed by atoms with Crippen molar-refractivity contribution in [2.75, 3.05) is 27.9 Å². The van der Waals surface area contributed by atoms with E-state index >= 15 is 0 Å². The van der Waals surface area contributed by atoms with E-state index in [2.05, 4.69) is 23.3 Å². The van der Waals surface area contributed by atoms with Gasteiger partial charge in [-0.15, -0.1) is 24.0 Å². The van der Waals surface area contributed by atoms with Gasteiger partial charge in [0.1, 0.15) is 5.75 Å². The van der Waals surface area contributed by atoms with Crippen molar-refractivity contribution in [3.63, 3.8) is 0 Å². The molecule has 0 aromatic heterocycles. The summed E-state index contributed by atoms with van der Waals surface area (Å²) in [4.78, 5) is 4.37. The number of hydrogen-bond donors (Lipinski definition) is 2. The molecule has 27 heavy (non-hydrogen) atoms. The predicted molar refractivity (Wildman–Crippen MR) is 120 cm³/mol. The monoisotopic (exact) mass is 485 g/mol. The maximum absolute atomic E-state index is 5.96. The van der Waals surface area contributed by atoms with Gasteiger partial charge in [0, 0.05) is 6.54 Å². The zero-order valence-corrected chi connectivity index (χ0v) is 18.6. The number of nitrogens with two attached hydrogens (primary N) is 1. The molecule has 2 rings (SSSR count). The quantitative estimate of drug-likeness (QED) is 0.341. The Morgan fingerprint density at radius 2 is 1.63 bits per heavy atom. The molecule has 0 aliphatic heterocycles. The number of guanidine groups is 1. The van der Waals surface area contributed by atoms with Gasteiger partial charge in [0.25, 0.3) is 0 Å². The number of benzene rings is 2. The first-order valence-electron chi connectivity index (χ1n) is 8.45. The van der Waals surface area contributed by atoms with Crippen molar-refractivity contribution in [2.24, 2.45) is 10.7 Å². The smallest absolute Gasteiger partial charge is 0.188 e. The summed E-state index contributed by atoms with van der Waals surface area (Å²) in [5.41, 5.74) is 9.31. The van der Waals surface area contributed by atoms with Crippen LogP contribution in [0.2, 0.25) is 0 Å². The Morgan fingerprint density at radius 1 is 0.963 bits per heavy atom. The SMILES string of the molecule is COc1ccc(C)cc1CCNC(N)=NCc1ccc(OC)c(OC)c1.I. The van der Waals surface area contributed by atoms with Crippen LogP contribution >= 0.6 is 24.0 Å². The third-order valence-electron chi connectivity index (χ3n) is 4.02. The summed E-state index contributed by atoms with van der Waals surface area (Å²) in [6.07, 6.45) is 0.803. The highest BCUT2D eigenvalue weighted by molar-refractivity contribution is 14.0. The van der Waals surface area contributed by atoms with Crippen molar-refractivity contribution in [1.29, 1.82) is 0 Å². The standard InChI is InChI=1S/C20H27N3O3.HI/c1-14-5-7-17(24-2)16(11-14)9-10-22-20(21)23-13-15-6-8-18(25-3)19(12-15)26-4;/h5-8,11-12H,9-10,13H2,1-4H3,(H3,21,22,23);1H. The van der Waals surface area contributed by atoms with E-state index in [1.54, 1.807) is 21.3 Å². The van der Waals surface area contributed by atoms with Crippen LogP contribution in [-0.2, 0) is 13.0 Å². The molecule has 0 atom stereocenters. The average molecular weight is 485 g/mol. The number of halogens is 1. The summed E-state index contributed by atoms with van der Waals surface area (Å²) in [6.45, 7) is 3.21. The van der Waals surface area contributed by atoms with Gasteiger partial charge >= 0.3 is 0 Å². The van der Waals surface area contributed by atoms with Crippen molar-refractivity contribution in [3.05, 3.63) is 53.1 Å². The Morgan fingerprint density at radius 3 is 2.30 bits per heavy atom. The number of aliphatic imine (C=N–C) groups is 1. The van der Waals surface area contributed by atoms with E-state index in [1.807, 2.05) is 30.3 Å². The van der Waals surface area contributed by atoms with Gasteiger partial charge in [0.15, 0.2) is 17.5 Å². The van der Waals surface area contributed by atoms with Gasteiger partial charge in [-0.2, -0.15) is 0 Å². The van der Waals surface area contributed by atoms with Gasteiger partial charge in [-0.1, -0.05) is 23.8 Å². The summed E-state index contributed by atoms with van der Waals surface area (Å²) < 4.78 is 15.9. The van der Waals surface area contributed by atoms with Crippen LogP contribution in [0.15, 0.2) is 41.4 Å². The van der Waals surface area contributed by atoms with Crippen molar-refractivity contribution in [2.45, 2.75) is 19.9 Å². The maximum Gasteiger partial charge on any atom is 0.188 e. The number of nitrogens with one attached hydrogen (secondary N) is 1. The lowest BCUT2D eigenvalue weighted by molar-refractivity contribution is 0.354. The molecule has 7 heteroatoms. The first-order chi connectivity index (χ1) is 12.6. The minimum atomic E-state index is 0. The largest absolute Gasteiger partial charge is 0.496 e. The molecule has 0 heterocycles. The maximum atomic E-state index is 5.96. The molecule has 0 aliphatic rings. The fourth-order valence-electron chi connectivity index (χ4n) is 2.64. The molecule has 2 aromatic carbocycles. The van der Waals surface area contributed by atoms with Gasteiger partial charge in [-0.3, -0.25) is 0 Å². The normalized spacial score (nSPS) is 10.7. The molecule has 6 nitrogen and oxygen atoms in total. The first-order valence-corrected chi connectivity index (χ1v) is 8.45. The van der Waals surface area contributed by atoms with Crippen LogP contribution in [0.1, 0.15) is 16.7 Å². The fourth-order valence-corrected chi connectivity index (χ4v) is 2.64. The summed E-state index contributed by atoms with van der Waals surface area (Å²) in [6, 6.07) is 11.8. The third kappa shape index (κ3) is 6.82. The molecule has 0 fully saturated rings. The highest BCUT2D eigenvalue weighted by Gasteiger charge is 2.05. The van der Waals surface area contributed by atoms with Crippen molar-refractivity contribution >= 4 is 29.9 Å². The van der Waals surface area contributed by atoms with Crippen LogP contribution in [0.5, 0.6) is 17.2 Å². The van der Waals surface area contributed by atoms with Gasteiger partial charge in [0.2, 0.25) is 0 Å². The Labute approximate surface area is 178 Å². The molecule has 148 valence electrons. The molecule has 0 radical (unpaired) electrons. The molecule has 0 spiro atoms. The molecule has 3 N–H and O–H groups in total. The van der Waals surface area contributed by atoms with E-state index in [4.69, 9.17) is 19.9 Å². The van der Waals surface area contributed by atoms with Crippen LogP contribution in [0.25, 0.3) is 0 Å². The number of methoxy groups -OCH3 is 3. The Balaban J connectivity index is 0.00000364. The van der Waals surface area contributed by atoms with E-state index < -0.39 is 0 Å². The molecule has 0 saturated carbocycles.